The van der Waals surface area contributed by atoms with Crippen LogP contribution in [0.1, 0.15) is 34.7 Å². The van der Waals surface area contributed by atoms with Gasteiger partial charge in [-0.1, -0.05) is 29.3 Å². The number of hydrogen-bond acceptors (Lipinski definition) is 4. The number of pyridine rings is 1. The molecule has 2 aromatic heterocycles. The Bertz CT molecular complexity index is 1620. The predicted octanol–water partition coefficient (Wildman–Crippen LogP) is 6.34. The van der Waals surface area contributed by atoms with Gasteiger partial charge in [-0.25, -0.2) is 8.42 Å². The van der Waals surface area contributed by atoms with E-state index in [1.165, 1.54) is 0 Å². The van der Waals surface area contributed by atoms with Crippen LogP contribution in [0, 0.1) is 13.8 Å². The number of aryl methyl sites for hydroxylation is 1. The number of anilines is 2. The van der Waals surface area contributed by atoms with Crippen LogP contribution in [0.15, 0.2) is 72.9 Å². The molecule has 1 aliphatic heterocycles. The monoisotopic (exact) mass is 585 g/mol. The van der Waals surface area contributed by atoms with Gasteiger partial charge in [-0.3, -0.25) is 9.71 Å². The second-order valence-corrected chi connectivity index (χ2v) is 12.2. The number of aromatic nitrogens is 2. The molecular formula is C27H25Cl2N5O2S2. The van der Waals surface area contributed by atoms with Gasteiger partial charge in [0.1, 0.15) is 0 Å². The van der Waals surface area contributed by atoms with Crippen molar-refractivity contribution in [1.82, 2.24) is 14.9 Å². The van der Waals surface area contributed by atoms with E-state index in [0.717, 1.165) is 40.3 Å². The SMILES string of the molecule is Cc1cc([C@@H]2[C@H](c3ccccn3)NC(=S)N2c2ccc(NS(C)(=O)=O)cc2)c(C)n1-c1ccc(Cl)cc1Cl. The van der Waals surface area contributed by atoms with Crippen molar-refractivity contribution in [3.8, 4) is 5.69 Å². The minimum Gasteiger partial charge on any atom is -0.351 e. The lowest BCUT2D eigenvalue weighted by Crippen LogP contribution is -2.29. The maximum Gasteiger partial charge on any atom is 0.229 e. The molecule has 0 bridgehead atoms. The number of hydrogen-bond donors (Lipinski definition) is 2. The maximum absolute atomic E-state index is 11.7. The highest BCUT2D eigenvalue weighted by molar-refractivity contribution is 7.92. The van der Waals surface area contributed by atoms with Crippen LogP contribution < -0.4 is 14.9 Å². The molecule has 1 saturated heterocycles. The Morgan fingerprint density at radius 1 is 1.03 bits per heavy atom. The van der Waals surface area contributed by atoms with Gasteiger partial charge >= 0.3 is 0 Å². The lowest BCUT2D eigenvalue weighted by atomic mass is 9.96. The van der Waals surface area contributed by atoms with Crippen molar-refractivity contribution in [1.29, 1.82) is 0 Å². The first-order valence-electron chi connectivity index (χ1n) is 11.8. The summed E-state index contributed by atoms with van der Waals surface area (Å²) in [5, 5.41) is 5.14. The van der Waals surface area contributed by atoms with E-state index in [0.29, 0.717) is 20.8 Å². The fraction of sp³-hybridized carbons (Fsp3) is 0.185. The minimum atomic E-state index is -3.39. The predicted molar refractivity (Wildman–Crippen MR) is 158 cm³/mol. The summed E-state index contributed by atoms with van der Waals surface area (Å²) in [5.41, 5.74) is 6.04. The Hall–Kier alpha value is -3.11. The Balaban J connectivity index is 1.64. The number of rotatable bonds is 6. The Labute approximate surface area is 237 Å². The molecule has 2 aromatic carbocycles. The number of benzene rings is 2. The summed E-state index contributed by atoms with van der Waals surface area (Å²) in [6.07, 6.45) is 2.89. The van der Waals surface area contributed by atoms with E-state index in [2.05, 4.69) is 37.5 Å². The van der Waals surface area contributed by atoms with E-state index in [4.69, 9.17) is 35.4 Å². The van der Waals surface area contributed by atoms with Crippen LogP contribution in [0.2, 0.25) is 10.0 Å². The van der Waals surface area contributed by atoms with E-state index >= 15 is 0 Å². The van der Waals surface area contributed by atoms with Crippen LogP contribution >= 0.6 is 35.4 Å². The van der Waals surface area contributed by atoms with Gasteiger partial charge in [-0.15, -0.1) is 0 Å². The number of nitrogens with one attached hydrogen (secondary N) is 2. The molecule has 0 amide bonds. The molecule has 3 heterocycles. The highest BCUT2D eigenvalue weighted by Crippen LogP contribution is 2.44. The third-order valence-corrected chi connectivity index (χ3v) is 7.95. The molecule has 2 atom stereocenters. The van der Waals surface area contributed by atoms with Gasteiger partial charge in [0.2, 0.25) is 10.0 Å². The van der Waals surface area contributed by atoms with Gasteiger partial charge < -0.3 is 14.8 Å². The first-order chi connectivity index (χ1) is 18.0. The third kappa shape index (κ3) is 5.11. The van der Waals surface area contributed by atoms with Gasteiger partial charge in [0.15, 0.2) is 5.11 Å². The molecule has 11 heteroatoms. The quantitative estimate of drug-likeness (QED) is 0.257. The Kier molecular flexibility index (Phi) is 7.13. The summed E-state index contributed by atoms with van der Waals surface area (Å²) in [6, 6.07) is 20.1. The second-order valence-electron chi connectivity index (χ2n) is 9.18. The molecule has 2 N–H and O–H groups in total. The van der Waals surface area contributed by atoms with E-state index in [1.54, 1.807) is 24.4 Å². The molecule has 5 rings (SSSR count). The molecule has 7 nitrogen and oxygen atoms in total. The average Bonchev–Trinajstić information content (AvgIpc) is 3.35. The zero-order chi connectivity index (χ0) is 27.2. The number of thiocarbonyl (C=S) groups is 1. The lowest BCUT2D eigenvalue weighted by Gasteiger charge is -2.28. The van der Waals surface area contributed by atoms with Crippen LogP contribution in [-0.2, 0) is 10.0 Å². The molecule has 1 fully saturated rings. The number of halogens is 2. The van der Waals surface area contributed by atoms with Crippen molar-refractivity contribution in [3.05, 3.63) is 106 Å². The van der Waals surface area contributed by atoms with Crippen molar-refractivity contribution in [2.75, 3.05) is 15.9 Å². The normalized spacial score (nSPS) is 17.5. The Morgan fingerprint density at radius 2 is 1.76 bits per heavy atom. The van der Waals surface area contributed by atoms with Crippen LogP contribution in [0.3, 0.4) is 0 Å². The Morgan fingerprint density at radius 3 is 2.39 bits per heavy atom. The largest absolute Gasteiger partial charge is 0.351 e. The van der Waals surface area contributed by atoms with E-state index in [9.17, 15) is 8.42 Å². The molecule has 0 radical (unpaired) electrons. The second kappa shape index (κ2) is 10.2. The lowest BCUT2D eigenvalue weighted by molar-refractivity contribution is 0.565. The fourth-order valence-electron chi connectivity index (χ4n) is 4.97. The molecule has 38 heavy (non-hydrogen) atoms. The summed E-state index contributed by atoms with van der Waals surface area (Å²) in [5.74, 6) is 0. The van der Waals surface area contributed by atoms with Crippen LogP contribution in [0.25, 0.3) is 5.69 Å². The van der Waals surface area contributed by atoms with Crippen LogP contribution in [-0.4, -0.2) is 29.3 Å². The van der Waals surface area contributed by atoms with Crippen LogP contribution in [0.5, 0.6) is 0 Å². The molecule has 0 aliphatic carbocycles. The molecule has 196 valence electrons. The summed E-state index contributed by atoms with van der Waals surface area (Å²) in [7, 11) is -3.39. The first-order valence-corrected chi connectivity index (χ1v) is 14.8. The first kappa shape index (κ1) is 26.5. The summed E-state index contributed by atoms with van der Waals surface area (Å²) >= 11 is 18.6. The molecule has 1 aliphatic rings. The van der Waals surface area contributed by atoms with E-state index in [-0.39, 0.29) is 12.1 Å². The zero-order valence-corrected chi connectivity index (χ0v) is 24.0. The smallest absolute Gasteiger partial charge is 0.229 e. The molecule has 0 spiro atoms. The average molecular weight is 587 g/mol. The highest BCUT2D eigenvalue weighted by Gasteiger charge is 2.42. The standard InChI is InChI=1S/C27H25Cl2N5O2S2/c1-16-14-21(17(2)33(16)24-12-7-18(28)15-22(24)29)26-25(23-6-4-5-13-30-23)31-27(37)34(26)20-10-8-19(9-11-20)32-38(3,35)36/h4-15,25-26,32H,1-3H3,(H,31,37)/t25-,26+/m0/s1. The molecule has 0 unspecified atom stereocenters. The molecular weight excluding hydrogens is 561 g/mol. The highest BCUT2D eigenvalue weighted by atomic mass is 35.5. The number of sulfonamides is 1. The molecule has 0 saturated carbocycles. The minimum absolute atomic E-state index is 0.229. The van der Waals surface area contributed by atoms with Gasteiger partial charge in [0, 0.05) is 34.0 Å². The fourth-order valence-corrected chi connectivity index (χ4v) is 6.38. The van der Waals surface area contributed by atoms with Crippen molar-refractivity contribution in [2.45, 2.75) is 25.9 Å². The van der Waals surface area contributed by atoms with Gasteiger partial charge in [0.25, 0.3) is 0 Å². The zero-order valence-electron chi connectivity index (χ0n) is 20.8. The summed E-state index contributed by atoms with van der Waals surface area (Å²) in [4.78, 5) is 6.68. The number of nitrogens with zero attached hydrogens (tertiary/aromatic N) is 3. The van der Waals surface area contributed by atoms with Crippen molar-refractivity contribution < 1.29 is 8.42 Å². The van der Waals surface area contributed by atoms with Gasteiger partial charge in [-0.2, -0.15) is 0 Å². The van der Waals surface area contributed by atoms with Gasteiger partial charge in [-0.05, 0) is 92.3 Å². The topological polar surface area (TPSA) is 79.3 Å². The van der Waals surface area contributed by atoms with Crippen molar-refractivity contribution >= 4 is 61.9 Å². The van der Waals surface area contributed by atoms with E-state index in [1.807, 2.05) is 49.4 Å². The molecule has 4 aromatic rings. The van der Waals surface area contributed by atoms with E-state index < -0.39 is 10.0 Å². The van der Waals surface area contributed by atoms with Gasteiger partial charge in [0.05, 0.1) is 34.7 Å². The third-order valence-electron chi connectivity index (χ3n) is 6.49. The van der Waals surface area contributed by atoms with Crippen molar-refractivity contribution in [2.24, 2.45) is 0 Å². The van der Waals surface area contributed by atoms with Crippen molar-refractivity contribution in [3.63, 3.8) is 0 Å². The summed E-state index contributed by atoms with van der Waals surface area (Å²) < 4.78 is 28.0. The summed E-state index contributed by atoms with van der Waals surface area (Å²) in [6.45, 7) is 4.09. The maximum atomic E-state index is 11.7. The van der Waals surface area contributed by atoms with Crippen LogP contribution in [0.4, 0.5) is 11.4 Å².